The zero-order valence-electron chi connectivity index (χ0n) is 11.5. The van der Waals surface area contributed by atoms with Crippen LogP contribution in [-0.4, -0.2) is 42.2 Å². The van der Waals surface area contributed by atoms with Crippen LogP contribution in [0, 0.1) is 5.82 Å². The molecule has 1 heterocycles. The minimum Gasteiger partial charge on any atom is -0.315 e. The van der Waals surface area contributed by atoms with Gasteiger partial charge in [-0.25, -0.2) is 25.9 Å². The number of nitrogens with one attached hydrogen (secondary N) is 2. The Labute approximate surface area is 123 Å². The molecule has 1 aromatic rings. The van der Waals surface area contributed by atoms with E-state index in [0.29, 0.717) is 13.0 Å². The number of halogens is 1. The minimum absolute atomic E-state index is 0.249. The molecule has 0 amide bonds. The highest BCUT2D eigenvalue weighted by Crippen LogP contribution is 2.19. The van der Waals surface area contributed by atoms with Crippen molar-refractivity contribution in [3.05, 3.63) is 24.0 Å². The summed E-state index contributed by atoms with van der Waals surface area (Å²) in [5.74, 6) is -1.07. The van der Waals surface area contributed by atoms with Gasteiger partial charge in [0.05, 0.1) is 4.90 Å². The zero-order valence-corrected chi connectivity index (χ0v) is 13.1. The Morgan fingerprint density at radius 2 is 2.00 bits per heavy atom. The summed E-state index contributed by atoms with van der Waals surface area (Å²) in [7, 11) is -7.59. The lowest BCUT2D eigenvalue weighted by Gasteiger charge is -2.23. The molecule has 0 saturated carbocycles. The average molecular weight is 336 g/mol. The maximum atomic E-state index is 13.8. The van der Waals surface area contributed by atoms with E-state index in [1.54, 1.807) is 0 Å². The summed E-state index contributed by atoms with van der Waals surface area (Å²) in [6.45, 7) is 1.36. The van der Waals surface area contributed by atoms with Crippen molar-refractivity contribution < 1.29 is 21.2 Å². The molecule has 1 fully saturated rings. The van der Waals surface area contributed by atoms with Crippen LogP contribution in [-0.2, 0) is 19.9 Å². The molecule has 9 heteroatoms. The van der Waals surface area contributed by atoms with Crippen molar-refractivity contribution in [3.63, 3.8) is 0 Å². The normalized spacial score (nSPS) is 20.4. The maximum Gasteiger partial charge on any atom is 0.240 e. The van der Waals surface area contributed by atoms with Crippen LogP contribution in [0.5, 0.6) is 0 Å². The Morgan fingerprint density at radius 3 is 2.52 bits per heavy atom. The quantitative estimate of drug-likeness (QED) is 0.823. The SMILES string of the molecule is CS(=O)(=O)c1ccc(S(=O)(=O)N[C@@H]2CCCNC2)cc1F. The Balaban J connectivity index is 2.26. The first-order valence-electron chi connectivity index (χ1n) is 6.43. The first-order chi connectivity index (χ1) is 9.70. The molecule has 1 aliphatic rings. The van der Waals surface area contributed by atoms with E-state index in [0.717, 1.165) is 37.4 Å². The molecule has 0 unspecified atom stereocenters. The van der Waals surface area contributed by atoms with Gasteiger partial charge in [-0.3, -0.25) is 0 Å². The number of sulfone groups is 1. The Morgan fingerprint density at radius 1 is 1.29 bits per heavy atom. The summed E-state index contributed by atoms with van der Waals surface area (Å²) < 4.78 is 63.2. The van der Waals surface area contributed by atoms with Gasteiger partial charge in [-0.15, -0.1) is 0 Å². The number of sulfonamides is 1. The van der Waals surface area contributed by atoms with Crippen LogP contribution in [0.15, 0.2) is 28.0 Å². The molecule has 0 bridgehead atoms. The summed E-state index contributed by atoms with van der Waals surface area (Å²) in [4.78, 5) is -0.793. The van der Waals surface area contributed by atoms with Crippen LogP contribution in [0.1, 0.15) is 12.8 Å². The fraction of sp³-hybridized carbons (Fsp3) is 0.500. The van der Waals surface area contributed by atoms with Gasteiger partial charge in [0.2, 0.25) is 10.0 Å². The second-order valence-corrected chi connectivity index (χ2v) is 8.73. The number of hydrogen-bond donors (Lipinski definition) is 2. The molecule has 1 aromatic carbocycles. The number of hydrogen-bond acceptors (Lipinski definition) is 5. The van der Waals surface area contributed by atoms with Crippen LogP contribution in [0.3, 0.4) is 0 Å². The summed E-state index contributed by atoms with van der Waals surface area (Å²) in [6, 6.07) is 2.55. The monoisotopic (exact) mass is 336 g/mol. The predicted molar refractivity (Wildman–Crippen MR) is 75.7 cm³/mol. The van der Waals surface area contributed by atoms with Crippen LogP contribution in [0.25, 0.3) is 0 Å². The van der Waals surface area contributed by atoms with Gasteiger partial charge in [0.15, 0.2) is 9.84 Å². The lowest BCUT2D eigenvalue weighted by molar-refractivity contribution is 0.428. The lowest BCUT2D eigenvalue weighted by Crippen LogP contribution is -2.45. The fourth-order valence-corrected chi connectivity index (χ4v) is 4.20. The van der Waals surface area contributed by atoms with Gasteiger partial charge in [-0.1, -0.05) is 0 Å². The molecule has 2 N–H and O–H groups in total. The first kappa shape index (κ1) is 16.3. The topological polar surface area (TPSA) is 92.3 Å². The molecular weight excluding hydrogens is 319 g/mol. The molecule has 21 heavy (non-hydrogen) atoms. The number of benzene rings is 1. The highest BCUT2D eigenvalue weighted by atomic mass is 32.2. The van der Waals surface area contributed by atoms with Gasteiger partial charge in [0.25, 0.3) is 0 Å². The Bertz CT molecular complexity index is 726. The zero-order chi connectivity index (χ0) is 15.7. The van der Waals surface area contributed by atoms with E-state index in [4.69, 9.17) is 0 Å². The third-order valence-corrected chi connectivity index (χ3v) is 5.88. The van der Waals surface area contributed by atoms with Crippen molar-refractivity contribution >= 4 is 19.9 Å². The standard InChI is InChI=1S/C12H17FN2O4S2/c1-20(16,17)12-5-4-10(7-11(12)13)21(18,19)15-9-3-2-6-14-8-9/h4-5,7,9,14-15H,2-3,6,8H2,1H3/t9-/m1/s1. The fourth-order valence-electron chi connectivity index (χ4n) is 2.19. The Kier molecular flexibility index (Phi) is 4.66. The molecule has 0 spiro atoms. The molecule has 6 nitrogen and oxygen atoms in total. The van der Waals surface area contributed by atoms with E-state index in [-0.39, 0.29) is 10.9 Å². The third kappa shape index (κ3) is 4.00. The first-order valence-corrected chi connectivity index (χ1v) is 9.80. The minimum atomic E-state index is -3.87. The van der Waals surface area contributed by atoms with Crippen molar-refractivity contribution in [2.45, 2.75) is 28.7 Å². The van der Waals surface area contributed by atoms with Crippen LogP contribution in [0.4, 0.5) is 4.39 Å². The van der Waals surface area contributed by atoms with E-state index in [1.165, 1.54) is 0 Å². The van der Waals surface area contributed by atoms with E-state index in [9.17, 15) is 21.2 Å². The van der Waals surface area contributed by atoms with E-state index in [2.05, 4.69) is 10.0 Å². The molecule has 2 rings (SSSR count). The van der Waals surface area contributed by atoms with Gasteiger partial charge >= 0.3 is 0 Å². The summed E-state index contributed by atoms with van der Waals surface area (Å²) >= 11 is 0. The average Bonchev–Trinajstić information content (AvgIpc) is 2.37. The molecular formula is C12H17FN2O4S2. The summed E-state index contributed by atoms with van der Waals surface area (Å²) in [6.07, 6.45) is 2.43. The van der Waals surface area contributed by atoms with Crippen molar-refractivity contribution in [1.82, 2.24) is 10.0 Å². The van der Waals surface area contributed by atoms with Crippen molar-refractivity contribution in [1.29, 1.82) is 0 Å². The van der Waals surface area contributed by atoms with Crippen LogP contribution >= 0.6 is 0 Å². The van der Waals surface area contributed by atoms with Crippen molar-refractivity contribution in [3.8, 4) is 0 Å². The highest BCUT2D eigenvalue weighted by Gasteiger charge is 2.23. The van der Waals surface area contributed by atoms with Crippen molar-refractivity contribution in [2.24, 2.45) is 0 Å². The van der Waals surface area contributed by atoms with Crippen molar-refractivity contribution in [2.75, 3.05) is 19.3 Å². The van der Waals surface area contributed by atoms with Gasteiger partial charge in [-0.2, -0.15) is 0 Å². The maximum absolute atomic E-state index is 13.8. The summed E-state index contributed by atoms with van der Waals surface area (Å²) in [5, 5.41) is 3.07. The van der Waals surface area contributed by atoms with Gasteiger partial charge in [-0.05, 0) is 37.6 Å². The third-order valence-electron chi connectivity index (χ3n) is 3.23. The highest BCUT2D eigenvalue weighted by molar-refractivity contribution is 7.90. The largest absolute Gasteiger partial charge is 0.315 e. The molecule has 1 saturated heterocycles. The molecule has 0 aromatic heterocycles. The molecule has 0 radical (unpaired) electrons. The second-order valence-electron chi connectivity index (χ2n) is 5.03. The van der Waals surface area contributed by atoms with Gasteiger partial charge < -0.3 is 5.32 Å². The second kappa shape index (κ2) is 5.99. The van der Waals surface area contributed by atoms with Gasteiger partial charge in [0, 0.05) is 18.8 Å². The smallest absolute Gasteiger partial charge is 0.240 e. The molecule has 1 atom stereocenters. The molecule has 118 valence electrons. The van der Waals surface area contributed by atoms with E-state index >= 15 is 0 Å². The predicted octanol–water partition coefficient (Wildman–Crippen LogP) is 0.259. The molecule has 1 aliphatic heterocycles. The van der Waals surface area contributed by atoms with E-state index in [1.807, 2.05) is 0 Å². The number of rotatable bonds is 4. The lowest BCUT2D eigenvalue weighted by atomic mass is 10.1. The van der Waals surface area contributed by atoms with E-state index < -0.39 is 30.6 Å². The van der Waals surface area contributed by atoms with Crippen LogP contribution < -0.4 is 10.0 Å². The van der Waals surface area contributed by atoms with Crippen LogP contribution in [0.2, 0.25) is 0 Å². The number of piperidine rings is 1. The molecule has 0 aliphatic carbocycles. The Hall–Kier alpha value is -1.03. The van der Waals surface area contributed by atoms with Gasteiger partial charge in [0.1, 0.15) is 10.7 Å². The summed E-state index contributed by atoms with van der Waals surface area (Å²) in [5.41, 5.74) is 0.